The Morgan fingerprint density at radius 1 is 0.864 bits per heavy atom. The summed E-state index contributed by atoms with van der Waals surface area (Å²) in [6, 6.07) is 34.8. The van der Waals surface area contributed by atoms with E-state index in [0.29, 0.717) is 5.57 Å². The number of ether oxygens (including phenoxy) is 1. The van der Waals surface area contributed by atoms with Gasteiger partial charge in [-0.25, -0.2) is 4.39 Å². The molecule has 0 aliphatic carbocycles. The molecule has 0 aliphatic heterocycles. The van der Waals surface area contributed by atoms with Crippen molar-refractivity contribution in [2.45, 2.75) is 30.6 Å². The van der Waals surface area contributed by atoms with Crippen LogP contribution in [0.25, 0.3) is 5.57 Å². The first-order valence-corrected chi connectivity index (χ1v) is 14.0. The number of aromatic nitrogens is 4. The zero-order valence-corrected chi connectivity index (χ0v) is 23.8. The molecule has 5 rings (SSSR count). The van der Waals surface area contributed by atoms with Crippen LogP contribution in [0.2, 0.25) is 0 Å². The zero-order chi connectivity index (χ0) is 30.9. The quantitative estimate of drug-likeness (QED) is 0.0875. The van der Waals surface area contributed by atoms with Gasteiger partial charge in [-0.05, 0) is 46.2 Å². The van der Waals surface area contributed by atoms with Crippen LogP contribution >= 0.6 is 0 Å². The summed E-state index contributed by atoms with van der Waals surface area (Å²) < 4.78 is 18.1. The van der Waals surface area contributed by atoms with E-state index in [1.807, 2.05) is 91.0 Å². The van der Waals surface area contributed by atoms with Gasteiger partial charge in [0.15, 0.2) is 5.54 Å². The number of esters is 1. The largest absolute Gasteiger partial charge is 0.426 e. The molecular weight excluding hydrogens is 559 g/mol. The van der Waals surface area contributed by atoms with Crippen molar-refractivity contribution in [2.24, 2.45) is 0 Å². The van der Waals surface area contributed by atoms with Crippen LogP contribution in [0.15, 0.2) is 134 Å². The van der Waals surface area contributed by atoms with Crippen molar-refractivity contribution in [1.82, 2.24) is 20.2 Å². The Morgan fingerprint density at radius 3 is 1.91 bits per heavy atom. The van der Waals surface area contributed by atoms with Gasteiger partial charge in [-0.1, -0.05) is 110 Å². The summed E-state index contributed by atoms with van der Waals surface area (Å²) in [6.45, 7) is 4.05. The average molecular weight is 591 g/mol. The third kappa shape index (κ3) is 6.86. The van der Waals surface area contributed by atoms with Crippen LogP contribution in [-0.2, 0) is 10.3 Å². The second kappa shape index (κ2) is 13.8. The van der Waals surface area contributed by atoms with E-state index < -0.39 is 29.5 Å². The van der Waals surface area contributed by atoms with Crippen molar-refractivity contribution >= 4 is 11.5 Å². The van der Waals surface area contributed by atoms with E-state index in [0.717, 1.165) is 16.7 Å². The smallest absolute Gasteiger partial charge is 0.313 e. The number of benzene rings is 4. The van der Waals surface area contributed by atoms with Gasteiger partial charge in [-0.2, -0.15) is 0 Å². The van der Waals surface area contributed by atoms with Gasteiger partial charge in [0.05, 0.1) is 18.6 Å². The van der Waals surface area contributed by atoms with Crippen molar-refractivity contribution in [3.05, 3.63) is 162 Å². The first-order chi connectivity index (χ1) is 21.4. The Kier molecular flexibility index (Phi) is 9.49. The van der Waals surface area contributed by atoms with Gasteiger partial charge in [0, 0.05) is 12.0 Å². The molecule has 2 unspecified atom stereocenters. The predicted molar refractivity (Wildman–Crippen MR) is 164 cm³/mol. The number of aliphatic hydroxyl groups is 2. The standard InChI is InChI=1S/C35H31FN4O4/c1-25(17-20-30(41)23-31(42)24-33(43)44-32-21-18-29(36)19-22-32)34-37-39-40(38-34)35(26-11-5-2-6-12-26,27-13-7-3-8-14-27)28-15-9-4-10-16-28/h2-22,30-31,41-42H,1,23-24H2. The van der Waals surface area contributed by atoms with E-state index in [2.05, 4.69) is 16.9 Å². The molecule has 2 atom stereocenters. The number of allylic oxidation sites excluding steroid dienone is 2. The lowest BCUT2D eigenvalue weighted by molar-refractivity contribution is -0.136. The van der Waals surface area contributed by atoms with Gasteiger partial charge >= 0.3 is 5.97 Å². The molecule has 0 amide bonds. The second-order valence-electron chi connectivity index (χ2n) is 10.2. The summed E-state index contributed by atoms with van der Waals surface area (Å²) in [5, 5.41) is 34.3. The van der Waals surface area contributed by atoms with Crippen molar-refractivity contribution in [1.29, 1.82) is 0 Å². The number of hydrogen-bond acceptors (Lipinski definition) is 7. The number of nitrogens with zero attached hydrogens (tertiary/aromatic N) is 4. The average Bonchev–Trinajstić information content (AvgIpc) is 3.53. The molecule has 5 aromatic rings. The third-order valence-electron chi connectivity index (χ3n) is 7.06. The lowest BCUT2D eigenvalue weighted by Crippen LogP contribution is -2.39. The van der Waals surface area contributed by atoms with Gasteiger partial charge in [-0.15, -0.1) is 15.0 Å². The normalized spacial score (nSPS) is 13.0. The molecule has 44 heavy (non-hydrogen) atoms. The lowest BCUT2D eigenvalue weighted by Gasteiger charge is -2.34. The molecule has 222 valence electrons. The first kappa shape index (κ1) is 30.2. The molecule has 1 aromatic heterocycles. The van der Waals surface area contributed by atoms with Crippen LogP contribution in [0.1, 0.15) is 35.4 Å². The fraction of sp³-hybridized carbons (Fsp3) is 0.143. The summed E-state index contributed by atoms with van der Waals surface area (Å²) in [6.07, 6.45) is 0.258. The molecule has 0 radical (unpaired) electrons. The highest BCUT2D eigenvalue weighted by Gasteiger charge is 2.41. The van der Waals surface area contributed by atoms with E-state index in [1.54, 1.807) is 10.9 Å². The minimum atomic E-state index is -1.17. The van der Waals surface area contributed by atoms with Crippen molar-refractivity contribution in [3.8, 4) is 5.75 Å². The Morgan fingerprint density at radius 2 is 1.39 bits per heavy atom. The van der Waals surface area contributed by atoms with Crippen LogP contribution in [0.3, 0.4) is 0 Å². The highest BCUT2D eigenvalue weighted by atomic mass is 19.1. The van der Waals surface area contributed by atoms with Crippen LogP contribution in [0.5, 0.6) is 5.75 Å². The topological polar surface area (TPSA) is 110 Å². The summed E-state index contributed by atoms with van der Waals surface area (Å²) in [5.41, 5.74) is 2.26. The fourth-order valence-corrected chi connectivity index (χ4v) is 4.98. The second-order valence-corrected chi connectivity index (χ2v) is 10.2. The van der Waals surface area contributed by atoms with Crippen LogP contribution in [0.4, 0.5) is 4.39 Å². The molecule has 0 aliphatic rings. The molecule has 8 nitrogen and oxygen atoms in total. The highest BCUT2D eigenvalue weighted by Crippen LogP contribution is 2.39. The molecule has 0 spiro atoms. The summed E-state index contributed by atoms with van der Waals surface area (Å²) in [7, 11) is 0. The molecule has 0 saturated carbocycles. The molecule has 1 heterocycles. The van der Waals surface area contributed by atoms with E-state index in [1.165, 1.54) is 30.3 Å². The molecule has 2 N–H and O–H groups in total. The maximum atomic E-state index is 13.0. The Labute approximate surface area is 254 Å². The number of carbonyl (C=O) groups is 1. The molecule has 0 saturated heterocycles. The van der Waals surface area contributed by atoms with Gasteiger partial charge < -0.3 is 14.9 Å². The molecule has 0 bridgehead atoms. The molecule has 9 heteroatoms. The van der Waals surface area contributed by atoms with Crippen molar-refractivity contribution in [2.75, 3.05) is 0 Å². The van der Waals surface area contributed by atoms with Gasteiger partial charge in [0.1, 0.15) is 11.6 Å². The SMILES string of the molecule is C=C(C=CC(O)CC(O)CC(=O)Oc1ccc(F)cc1)c1nnn(C(c2ccccc2)(c2ccccc2)c2ccccc2)n1. The minimum absolute atomic E-state index is 0.123. The number of carbonyl (C=O) groups excluding carboxylic acids is 1. The van der Waals surface area contributed by atoms with Gasteiger partial charge in [-0.3, -0.25) is 4.79 Å². The van der Waals surface area contributed by atoms with Gasteiger partial charge in [0.2, 0.25) is 5.82 Å². The van der Waals surface area contributed by atoms with Gasteiger partial charge in [0.25, 0.3) is 0 Å². The van der Waals surface area contributed by atoms with Crippen LogP contribution < -0.4 is 4.74 Å². The predicted octanol–water partition coefficient (Wildman–Crippen LogP) is 5.33. The number of aliphatic hydroxyl groups excluding tert-OH is 2. The Balaban J connectivity index is 1.33. The number of hydrogen-bond donors (Lipinski definition) is 2. The number of halogens is 1. The van der Waals surface area contributed by atoms with E-state index in [-0.39, 0.29) is 24.4 Å². The molecule has 0 fully saturated rings. The highest BCUT2D eigenvalue weighted by molar-refractivity contribution is 5.72. The molecular formula is C35H31FN4O4. The van der Waals surface area contributed by atoms with E-state index in [9.17, 15) is 19.4 Å². The molecule has 4 aromatic carbocycles. The number of tetrazole rings is 1. The first-order valence-electron chi connectivity index (χ1n) is 14.0. The van der Waals surface area contributed by atoms with Crippen LogP contribution in [-0.4, -0.2) is 48.6 Å². The Bertz CT molecular complexity index is 1610. The fourth-order valence-electron chi connectivity index (χ4n) is 4.98. The maximum absolute atomic E-state index is 13.0. The van der Waals surface area contributed by atoms with E-state index >= 15 is 0 Å². The van der Waals surface area contributed by atoms with Crippen molar-refractivity contribution < 1.29 is 24.1 Å². The monoisotopic (exact) mass is 590 g/mol. The maximum Gasteiger partial charge on any atom is 0.313 e. The lowest BCUT2D eigenvalue weighted by atomic mass is 9.77. The van der Waals surface area contributed by atoms with Crippen LogP contribution in [0, 0.1) is 5.82 Å². The minimum Gasteiger partial charge on any atom is -0.426 e. The Hall–Kier alpha value is -5.25. The third-order valence-corrected chi connectivity index (χ3v) is 7.06. The summed E-state index contributed by atoms with van der Waals surface area (Å²) in [4.78, 5) is 13.7. The summed E-state index contributed by atoms with van der Waals surface area (Å²) >= 11 is 0. The zero-order valence-electron chi connectivity index (χ0n) is 23.8. The number of rotatable bonds is 12. The van der Waals surface area contributed by atoms with E-state index in [4.69, 9.17) is 9.84 Å². The summed E-state index contributed by atoms with van der Waals surface area (Å²) in [5.74, 6) is -0.744. The van der Waals surface area contributed by atoms with Crippen molar-refractivity contribution in [3.63, 3.8) is 0 Å².